The molecule has 3 N–H and O–H groups in total. The molecule has 1 aromatic heterocycles. The van der Waals surface area contributed by atoms with Crippen LogP contribution in [0.25, 0.3) is 0 Å². The van der Waals surface area contributed by atoms with Crippen LogP contribution in [0.4, 0.5) is 20.5 Å². The monoisotopic (exact) mass is 457 g/mol. The minimum absolute atomic E-state index is 0.122. The molecular formula is C25H33F2N5O. The second kappa shape index (κ2) is 10.4. The Balaban J connectivity index is 1.58. The van der Waals surface area contributed by atoms with Crippen molar-refractivity contribution in [2.75, 3.05) is 17.2 Å². The van der Waals surface area contributed by atoms with Crippen LogP contribution in [0.1, 0.15) is 63.1 Å². The van der Waals surface area contributed by atoms with Gasteiger partial charge in [-0.25, -0.2) is 13.8 Å². The first kappa shape index (κ1) is 24.8. The van der Waals surface area contributed by atoms with Gasteiger partial charge in [0.2, 0.25) is 11.9 Å². The molecular weight excluding hydrogens is 424 g/mol. The molecule has 1 fully saturated rings. The summed E-state index contributed by atoms with van der Waals surface area (Å²) >= 11 is 0. The van der Waals surface area contributed by atoms with Crippen molar-refractivity contribution in [2.45, 2.75) is 77.4 Å². The molecule has 2 aromatic rings. The maximum absolute atomic E-state index is 13.1. The van der Waals surface area contributed by atoms with Gasteiger partial charge in [-0.15, -0.1) is 0 Å². The van der Waals surface area contributed by atoms with Crippen LogP contribution in [0.3, 0.4) is 0 Å². The van der Waals surface area contributed by atoms with Gasteiger partial charge in [0.1, 0.15) is 17.5 Å². The van der Waals surface area contributed by atoms with Gasteiger partial charge in [0.25, 0.3) is 0 Å². The lowest BCUT2D eigenvalue weighted by Gasteiger charge is -2.40. The molecule has 0 bridgehead atoms. The number of aryl methyl sites for hydroxylation is 1. The van der Waals surface area contributed by atoms with E-state index in [0.717, 1.165) is 30.9 Å². The van der Waals surface area contributed by atoms with E-state index in [1.165, 1.54) is 6.20 Å². The number of nitrogens with one attached hydrogen (secondary N) is 2. The Labute approximate surface area is 194 Å². The molecule has 0 spiro atoms. The van der Waals surface area contributed by atoms with Crippen LogP contribution in [-0.2, 0) is 12.8 Å². The number of alkyl halides is 2. The van der Waals surface area contributed by atoms with Crippen molar-refractivity contribution in [3.63, 3.8) is 0 Å². The topological polar surface area (TPSA) is 93.9 Å². The summed E-state index contributed by atoms with van der Waals surface area (Å²) in [5, 5.41) is 26.2. The molecule has 1 heterocycles. The number of benzene rings is 1. The number of rotatable bonds is 9. The van der Waals surface area contributed by atoms with E-state index in [-0.39, 0.29) is 24.0 Å². The van der Waals surface area contributed by atoms with E-state index in [9.17, 15) is 19.1 Å². The van der Waals surface area contributed by atoms with Crippen LogP contribution in [0, 0.1) is 16.7 Å². The molecule has 6 nitrogen and oxygen atoms in total. The molecule has 1 aliphatic rings. The summed E-state index contributed by atoms with van der Waals surface area (Å²) < 4.78 is 26.3. The summed E-state index contributed by atoms with van der Waals surface area (Å²) in [6.07, 6.45) is 4.34. The van der Waals surface area contributed by atoms with Gasteiger partial charge >= 0.3 is 0 Å². The molecule has 8 heteroatoms. The number of nitriles is 1. The zero-order valence-electron chi connectivity index (χ0n) is 19.5. The summed E-state index contributed by atoms with van der Waals surface area (Å²) in [7, 11) is 0. The standard InChI is InChI=1S/C25H33F2N5O/c1-24(2)14-20(7-8-21(24)33)31-22-19(15-28)16-30-23(32-22)29-12-10-18-6-4-5-17(13-18)9-11-25(3,26)27/h4-6,13,16,20-21,33H,7-12,14H2,1-3H3,(H2,29,30,31,32)/t20-,21+/m1/s1. The predicted molar refractivity (Wildman–Crippen MR) is 125 cm³/mol. The number of aliphatic hydroxyl groups excluding tert-OH is 1. The molecule has 0 radical (unpaired) electrons. The Morgan fingerprint density at radius 3 is 2.64 bits per heavy atom. The van der Waals surface area contributed by atoms with Crippen molar-refractivity contribution in [3.05, 3.63) is 47.2 Å². The van der Waals surface area contributed by atoms with Crippen molar-refractivity contribution < 1.29 is 13.9 Å². The van der Waals surface area contributed by atoms with E-state index in [1.54, 1.807) is 0 Å². The van der Waals surface area contributed by atoms with E-state index in [1.807, 2.05) is 38.1 Å². The Bertz CT molecular complexity index is 983. The molecule has 2 atom stereocenters. The Hall–Kier alpha value is -2.79. The minimum atomic E-state index is -2.66. The van der Waals surface area contributed by atoms with Crippen molar-refractivity contribution >= 4 is 11.8 Å². The first-order chi connectivity index (χ1) is 15.6. The Kier molecular flexibility index (Phi) is 7.85. The van der Waals surface area contributed by atoms with Crippen LogP contribution >= 0.6 is 0 Å². The van der Waals surface area contributed by atoms with E-state index in [0.29, 0.717) is 43.1 Å². The molecule has 1 aromatic carbocycles. The molecule has 0 unspecified atom stereocenters. The van der Waals surface area contributed by atoms with Gasteiger partial charge in [-0.1, -0.05) is 38.1 Å². The SMILES string of the molecule is CC(F)(F)CCc1cccc(CCNc2ncc(C#N)c(N[C@@H]3CC[C@H](O)C(C)(C)C3)n2)c1. The molecule has 33 heavy (non-hydrogen) atoms. The molecule has 1 saturated carbocycles. The molecule has 3 rings (SSSR count). The zero-order valence-corrected chi connectivity index (χ0v) is 19.5. The highest BCUT2D eigenvalue weighted by molar-refractivity contribution is 5.54. The fourth-order valence-electron chi connectivity index (χ4n) is 4.22. The van der Waals surface area contributed by atoms with Crippen LogP contribution in [0.15, 0.2) is 30.5 Å². The summed E-state index contributed by atoms with van der Waals surface area (Å²) in [6, 6.07) is 9.95. The van der Waals surface area contributed by atoms with Crippen molar-refractivity contribution in [1.82, 2.24) is 9.97 Å². The lowest BCUT2D eigenvalue weighted by molar-refractivity contribution is 0.00926. The maximum atomic E-state index is 13.1. The quantitative estimate of drug-likeness (QED) is 0.494. The normalized spacial score (nSPS) is 20.2. The van der Waals surface area contributed by atoms with Gasteiger partial charge in [0.05, 0.1) is 12.3 Å². The van der Waals surface area contributed by atoms with Crippen molar-refractivity contribution in [1.29, 1.82) is 5.26 Å². The van der Waals surface area contributed by atoms with Crippen LogP contribution in [-0.4, -0.2) is 39.7 Å². The fourth-order valence-corrected chi connectivity index (χ4v) is 4.22. The Morgan fingerprint density at radius 1 is 1.24 bits per heavy atom. The molecule has 0 amide bonds. The van der Waals surface area contributed by atoms with E-state index < -0.39 is 5.92 Å². The average Bonchev–Trinajstić information content (AvgIpc) is 2.75. The van der Waals surface area contributed by atoms with Gasteiger partial charge in [-0.2, -0.15) is 10.2 Å². The van der Waals surface area contributed by atoms with Gasteiger partial charge in [-0.3, -0.25) is 0 Å². The van der Waals surface area contributed by atoms with E-state index in [2.05, 4.69) is 26.7 Å². The lowest BCUT2D eigenvalue weighted by Crippen LogP contribution is -2.41. The summed E-state index contributed by atoms with van der Waals surface area (Å²) in [4.78, 5) is 8.75. The summed E-state index contributed by atoms with van der Waals surface area (Å²) in [5.74, 6) is -1.74. The van der Waals surface area contributed by atoms with Crippen LogP contribution in [0.2, 0.25) is 0 Å². The number of hydrogen-bond donors (Lipinski definition) is 3. The van der Waals surface area contributed by atoms with Crippen LogP contribution < -0.4 is 10.6 Å². The highest BCUT2D eigenvalue weighted by Gasteiger charge is 2.36. The molecule has 0 aliphatic heterocycles. The predicted octanol–water partition coefficient (Wildman–Crippen LogP) is 4.94. The van der Waals surface area contributed by atoms with Crippen molar-refractivity contribution in [2.24, 2.45) is 5.41 Å². The first-order valence-electron chi connectivity index (χ1n) is 11.5. The largest absolute Gasteiger partial charge is 0.393 e. The van der Waals surface area contributed by atoms with E-state index in [4.69, 9.17) is 0 Å². The smallest absolute Gasteiger partial charge is 0.245 e. The summed E-state index contributed by atoms with van der Waals surface area (Å²) in [5.41, 5.74) is 2.13. The maximum Gasteiger partial charge on any atom is 0.245 e. The van der Waals surface area contributed by atoms with Crippen LogP contribution in [0.5, 0.6) is 0 Å². The number of aromatic nitrogens is 2. The third-order valence-corrected chi connectivity index (χ3v) is 6.25. The first-order valence-corrected chi connectivity index (χ1v) is 11.5. The fraction of sp³-hybridized carbons (Fsp3) is 0.560. The number of hydrogen-bond acceptors (Lipinski definition) is 6. The second-order valence-electron chi connectivity index (χ2n) is 9.76. The number of nitrogens with zero attached hydrogens (tertiary/aromatic N) is 3. The highest BCUT2D eigenvalue weighted by atomic mass is 19.3. The van der Waals surface area contributed by atoms with Gasteiger partial charge in [0, 0.05) is 19.0 Å². The second-order valence-corrected chi connectivity index (χ2v) is 9.76. The van der Waals surface area contributed by atoms with Crippen molar-refractivity contribution in [3.8, 4) is 6.07 Å². The lowest BCUT2D eigenvalue weighted by atomic mass is 9.73. The van der Waals surface area contributed by atoms with Gasteiger partial charge in [-0.05, 0) is 55.6 Å². The average molecular weight is 458 g/mol. The highest BCUT2D eigenvalue weighted by Crippen LogP contribution is 2.37. The third-order valence-electron chi connectivity index (χ3n) is 6.25. The number of halogens is 2. The van der Waals surface area contributed by atoms with E-state index >= 15 is 0 Å². The Morgan fingerprint density at radius 2 is 1.97 bits per heavy atom. The molecule has 178 valence electrons. The minimum Gasteiger partial charge on any atom is -0.393 e. The molecule has 1 aliphatic carbocycles. The zero-order chi connectivity index (χ0) is 24.1. The molecule has 0 saturated heterocycles. The number of anilines is 2. The summed E-state index contributed by atoms with van der Waals surface area (Å²) in [6.45, 7) is 5.61. The number of aliphatic hydroxyl groups is 1. The van der Waals surface area contributed by atoms with Gasteiger partial charge in [0.15, 0.2) is 0 Å². The van der Waals surface area contributed by atoms with Gasteiger partial charge < -0.3 is 15.7 Å². The third kappa shape index (κ3) is 7.36.